The number of amides is 1. The van der Waals surface area contributed by atoms with Gasteiger partial charge in [0, 0.05) is 6.42 Å². The summed E-state index contributed by atoms with van der Waals surface area (Å²) >= 11 is 0. The van der Waals surface area contributed by atoms with E-state index in [0.29, 0.717) is 6.42 Å². The molecule has 388 valence electrons. The predicted octanol–water partition coefficient (Wildman–Crippen LogP) is 20.1. The minimum absolute atomic E-state index is 0.0574. The minimum atomic E-state index is -0.834. The molecule has 0 aromatic carbocycles. The lowest BCUT2D eigenvalue weighted by atomic mass is 10.0. The Hall–Kier alpha value is -0.870. The van der Waals surface area contributed by atoms with E-state index in [-0.39, 0.29) is 12.5 Å². The Morgan fingerprint density at radius 3 is 0.800 bits per heavy atom. The van der Waals surface area contributed by atoms with E-state index >= 15 is 0 Å². The molecule has 0 bridgehead atoms. The van der Waals surface area contributed by atoms with Crippen LogP contribution in [0.2, 0.25) is 0 Å². The summed E-state index contributed by atoms with van der Waals surface area (Å²) in [6, 6.07) is -0.617. The molecular formula is C61H121NO3. The molecule has 0 rings (SSSR count). The first-order chi connectivity index (χ1) is 32.2. The van der Waals surface area contributed by atoms with Gasteiger partial charge in [-0.05, 0) is 19.3 Å². The van der Waals surface area contributed by atoms with Crippen LogP contribution in [0.3, 0.4) is 0 Å². The number of nitrogens with one attached hydrogen (secondary N) is 1. The fourth-order valence-electron chi connectivity index (χ4n) is 9.89. The van der Waals surface area contributed by atoms with Gasteiger partial charge in [-0.25, -0.2) is 0 Å². The van der Waals surface area contributed by atoms with Gasteiger partial charge in [0.1, 0.15) is 0 Å². The van der Waals surface area contributed by atoms with Crippen molar-refractivity contribution >= 4 is 5.91 Å². The highest BCUT2D eigenvalue weighted by Crippen LogP contribution is 2.19. The van der Waals surface area contributed by atoms with Crippen molar-refractivity contribution in [3.05, 3.63) is 12.2 Å². The quantitative estimate of drug-likeness (QED) is 0.0421. The van der Waals surface area contributed by atoms with Gasteiger partial charge in [-0.1, -0.05) is 341 Å². The molecule has 2 atom stereocenters. The third-order valence-electron chi connectivity index (χ3n) is 14.5. The predicted molar refractivity (Wildman–Crippen MR) is 290 cm³/mol. The second-order valence-electron chi connectivity index (χ2n) is 21.1. The number of aliphatic hydroxyl groups is 2. The standard InChI is InChI=1S/C61H121NO3/c1-3-5-7-9-11-13-15-17-18-19-20-21-22-23-24-25-26-27-28-29-30-31-32-33-34-35-36-37-38-39-40-41-42-43-44-45-47-49-51-53-55-57-61(65)62-59(58-63)60(64)56-54-52-50-48-46-16-14-12-10-8-6-4-2/h54,56,59-60,63-64H,3-53,55,57-58H2,1-2H3,(H,62,65)/b56-54+. The topological polar surface area (TPSA) is 69.6 Å². The van der Waals surface area contributed by atoms with Crippen molar-refractivity contribution in [3.63, 3.8) is 0 Å². The molecule has 65 heavy (non-hydrogen) atoms. The molecule has 0 aliphatic heterocycles. The van der Waals surface area contributed by atoms with Crippen molar-refractivity contribution in [1.82, 2.24) is 5.32 Å². The monoisotopic (exact) mass is 916 g/mol. The molecular weight excluding hydrogens is 795 g/mol. The van der Waals surface area contributed by atoms with Crippen LogP contribution >= 0.6 is 0 Å². The van der Waals surface area contributed by atoms with Crippen LogP contribution in [0.5, 0.6) is 0 Å². The Labute approximate surface area is 409 Å². The van der Waals surface area contributed by atoms with Crippen molar-refractivity contribution in [1.29, 1.82) is 0 Å². The maximum absolute atomic E-state index is 12.4. The van der Waals surface area contributed by atoms with E-state index in [4.69, 9.17) is 0 Å². The summed E-state index contributed by atoms with van der Waals surface area (Å²) < 4.78 is 0. The molecule has 0 aromatic rings. The van der Waals surface area contributed by atoms with Gasteiger partial charge in [0.25, 0.3) is 0 Å². The Kier molecular flexibility index (Phi) is 56.7. The van der Waals surface area contributed by atoms with E-state index in [9.17, 15) is 15.0 Å². The van der Waals surface area contributed by atoms with Gasteiger partial charge in [0.2, 0.25) is 5.91 Å². The number of rotatable bonds is 57. The van der Waals surface area contributed by atoms with E-state index in [1.165, 1.54) is 308 Å². The Morgan fingerprint density at radius 2 is 0.569 bits per heavy atom. The molecule has 0 spiro atoms. The summed E-state index contributed by atoms with van der Waals surface area (Å²) in [7, 11) is 0. The van der Waals surface area contributed by atoms with E-state index in [2.05, 4.69) is 19.2 Å². The number of hydrogen-bond donors (Lipinski definition) is 3. The summed E-state index contributed by atoms with van der Waals surface area (Å²) in [5.41, 5.74) is 0. The summed E-state index contributed by atoms with van der Waals surface area (Å²) in [4.78, 5) is 12.4. The molecule has 1 amide bonds. The second-order valence-corrected chi connectivity index (χ2v) is 21.1. The van der Waals surface area contributed by atoms with Crippen molar-refractivity contribution < 1.29 is 15.0 Å². The number of carbonyl (C=O) groups excluding carboxylic acids is 1. The van der Waals surface area contributed by atoms with Crippen LogP contribution in [0.15, 0.2) is 12.2 Å². The molecule has 0 aliphatic carbocycles. The van der Waals surface area contributed by atoms with E-state index < -0.39 is 12.1 Å². The summed E-state index contributed by atoms with van der Waals surface area (Å²) in [5.74, 6) is -0.0574. The summed E-state index contributed by atoms with van der Waals surface area (Å²) in [6.45, 7) is 4.33. The number of hydrogen-bond acceptors (Lipinski definition) is 3. The molecule has 2 unspecified atom stereocenters. The van der Waals surface area contributed by atoms with Crippen molar-refractivity contribution in [2.24, 2.45) is 0 Å². The largest absolute Gasteiger partial charge is 0.394 e. The van der Waals surface area contributed by atoms with Gasteiger partial charge in [0.15, 0.2) is 0 Å². The van der Waals surface area contributed by atoms with Gasteiger partial charge >= 0.3 is 0 Å². The maximum Gasteiger partial charge on any atom is 0.220 e. The van der Waals surface area contributed by atoms with E-state index in [1.54, 1.807) is 6.08 Å². The molecule has 0 radical (unpaired) electrons. The van der Waals surface area contributed by atoms with Crippen LogP contribution in [0.25, 0.3) is 0 Å². The first kappa shape index (κ1) is 64.1. The van der Waals surface area contributed by atoms with Crippen LogP contribution in [0.4, 0.5) is 0 Å². The van der Waals surface area contributed by atoms with Crippen molar-refractivity contribution in [2.45, 2.75) is 366 Å². The molecule has 0 saturated heterocycles. The molecule has 0 aliphatic rings. The van der Waals surface area contributed by atoms with Crippen LogP contribution in [-0.2, 0) is 4.79 Å². The SMILES string of the molecule is CCCCCCCCCCCC/C=C/C(O)C(CO)NC(=O)CCCCCCCCCCCCCCCCCCCCCCCCCCCCCCCCCCCCCCCCCCC. The van der Waals surface area contributed by atoms with Crippen LogP contribution in [0, 0.1) is 0 Å². The Balaban J connectivity index is 3.31. The van der Waals surface area contributed by atoms with Gasteiger partial charge in [0.05, 0.1) is 18.8 Å². The first-order valence-corrected chi connectivity index (χ1v) is 30.4. The molecule has 0 aromatic heterocycles. The van der Waals surface area contributed by atoms with Crippen LogP contribution < -0.4 is 5.32 Å². The lowest BCUT2D eigenvalue weighted by Crippen LogP contribution is -2.45. The fraction of sp³-hybridized carbons (Fsp3) is 0.951. The molecule has 0 fully saturated rings. The molecule has 0 saturated carbocycles. The normalized spacial score (nSPS) is 12.7. The maximum atomic E-state index is 12.4. The Bertz CT molecular complexity index is 905. The summed E-state index contributed by atoms with van der Waals surface area (Å²) in [6.07, 6.45) is 75.7. The van der Waals surface area contributed by atoms with E-state index in [0.717, 1.165) is 25.7 Å². The zero-order chi connectivity index (χ0) is 47.0. The number of aliphatic hydroxyl groups excluding tert-OH is 2. The van der Waals surface area contributed by atoms with Gasteiger partial charge in [-0.2, -0.15) is 0 Å². The van der Waals surface area contributed by atoms with Gasteiger partial charge in [-0.15, -0.1) is 0 Å². The van der Waals surface area contributed by atoms with Crippen molar-refractivity contribution in [3.8, 4) is 0 Å². The zero-order valence-corrected chi connectivity index (χ0v) is 44.8. The van der Waals surface area contributed by atoms with E-state index in [1.807, 2.05) is 6.08 Å². The smallest absolute Gasteiger partial charge is 0.220 e. The van der Waals surface area contributed by atoms with Crippen LogP contribution in [-0.4, -0.2) is 34.9 Å². The molecule has 4 heteroatoms. The van der Waals surface area contributed by atoms with Crippen LogP contribution in [0.1, 0.15) is 354 Å². The molecule has 3 N–H and O–H groups in total. The number of carbonyl (C=O) groups is 1. The summed E-state index contributed by atoms with van der Waals surface area (Å²) in [5, 5.41) is 23.1. The second kappa shape index (κ2) is 57.4. The zero-order valence-electron chi connectivity index (χ0n) is 44.8. The average molecular weight is 917 g/mol. The Morgan fingerprint density at radius 1 is 0.354 bits per heavy atom. The minimum Gasteiger partial charge on any atom is -0.394 e. The third-order valence-corrected chi connectivity index (χ3v) is 14.5. The molecule has 4 nitrogen and oxygen atoms in total. The lowest BCUT2D eigenvalue weighted by molar-refractivity contribution is -0.123. The molecule has 0 heterocycles. The lowest BCUT2D eigenvalue weighted by Gasteiger charge is -2.20. The highest BCUT2D eigenvalue weighted by atomic mass is 16.3. The first-order valence-electron chi connectivity index (χ1n) is 30.4. The van der Waals surface area contributed by atoms with Crippen molar-refractivity contribution in [2.75, 3.05) is 6.61 Å². The van der Waals surface area contributed by atoms with Gasteiger partial charge < -0.3 is 15.5 Å². The number of allylic oxidation sites excluding steroid dienone is 1. The third kappa shape index (κ3) is 53.9. The number of unbranched alkanes of at least 4 members (excludes halogenated alkanes) is 50. The highest BCUT2D eigenvalue weighted by molar-refractivity contribution is 5.76. The fourth-order valence-corrected chi connectivity index (χ4v) is 9.89. The average Bonchev–Trinajstić information content (AvgIpc) is 3.31. The highest BCUT2D eigenvalue weighted by Gasteiger charge is 2.18. The van der Waals surface area contributed by atoms with Gasteiger partial charge in [-0.3, -0.25) is 4.79 Å².